The summed E-state index contributed by atoms with van der Waals surface area (Å²) in [5, 5.41) is 0. The minimum atomic E-state index is -3.52. The van der Waals surface area contributed by atoms with Crippen molar-refractivity contribution in [1.29, 1.82) is 0 Å². The second-order valence-electron chi connectivity index (χ2n) is 3.44. The van der Waals surface area contributed by atoms with E-state index in [4.69, 9.17) is 5.73 Å². The van der Waals surface area contributed by atoms with Gasteiger partial charge in [-0.1, -0.05) is 0 Å². The number of halogens is 2. The van der Waals surface area contributed by atoms with Gasteiger partial charge in [-0.05, 0) is 19.4 Å². The Morgan fingerprint density at radius 3 is 2.46 bits per heavy atom. The molecule has 0 bridgehead atoms. The zero-order valence-electron chi connectivity index (χ0n) is 7.17. The van der Waals surface area contributed by atoms with Gasteiger partial charge in [-0.15, -0.1) is 0 Å². The summed E-state index contributed by atoms with van der Waals surface area (Å²) in [7, 11) is -3.52. The maximum absolute atomic E-state index is 13.0. The number of hydrogen-bond acceptors (Lipinski definition) is 3. The third-order valence-electron chi connectivity index (χ3n) is 2.22. The third kappa shape index (κ3) is 2.60. The standard InChI is InChI=1S/C7H13F2NO2S/c8-7(9)5-13(11,12)4-6(7)2-1-3-10/h6H,1-5,10H2. The second kappa shape index (κ2) is 3.49. The first-order valence-corrected chi connectivity index (χ1v) is 5.98. The molecular weight excluding hydrogens is 200 g/mol. The normalized spacial score (nSPS) is 30.5. The molecule has 78 valence electrons. The van der Waals surface area contributed by atoms with Crippen LogP contribution in [0.5, 0.6) is 0 Å². The van der Waals surface area contributed by atoms with E-state index in [2.05, 4.69) is 0 Å². The highest BCUT2D eigenvalue weighted by molar-refractivity contribution is 7.91. The Kier molecular flexibility index (Phi) is 2.91. The highest BCUT2D eigenvalue weighted by Crippen LogP contribution is 2.37. The van der Waals surface area contributed by atoms with E-state index in [9.17, 15) is 17.2 Å². The average Bonchev–Trinajstić information content (AvgIpc) is 2.14. The molecule has 1 rings (SSSR count). The molecule has 0 saturated carbocycles. The Bertz CT molecular complexity index is 276. The largest absolute Gasteiger partial charge is 0.330 e. The van der Waals surface area contributed by atoms with Crippen molar-refractivity contribution in [2.45, 2.75) is 18.8 Å². The summed E-state index contributed by atoms with van der Waals surface area (Å²) >= 11 is 0. The van der Waals surface area contributed by atoms with E-state index in [-0.39, 0.29) is 12.2 Å². The zero-order chi connectivity index (χ0) is 10.1. The van der Waals surface area contributed by atoms with Gasteiger partial charge >= 0.3 is 0 Å². The van der Waals surface area contributed by atoms with Crippen molar-refractivity contribution >= 4 is 9.84 Å². The molecule has 0 spiro atoms. The molecule has 0 aromatic rings. The molecular formula is C7H13F2NO2S. The summed E-state index contributed by atoms with van der Waals surface area (Å²) in [4.78, 5) is 0. The number of hydrogen-bond donors (Lipinski definition) is 1. The summed E-state index contributed by atoms with van der Waals surface area (Å²) in [6.45, 7) is 0.326. The maximum atomic E-state index is 13.0. The third-order valence-corrected chi connectivity index (χ3v) is 3.96. The molecule has 0 radical (unpaired) electrons. The minimum Gasteiger partial charge on any atom is -0.330 e. The summed E-state index contributed by atoms with van der Waals surface area (Å²) < 4.78 is 47.8. The fourth-order valence-corrected chi connectivity index (χ4v) is 3.52. The molecule has 2 N–H and O–H groups in total. The van der Waals surface area contributed by atoms with Crippen molar-refractivity contribution in [3.8, 4) is 0 Å². The van der Waals surface area contributed by atoms with Gasteiger partial charge in [0.15, 0.2) is 9.84 Å². The van der Waals surface area contributed by atoms with Crippen molar-refractivity contribution in [1.82, 2.24) is 0 Å². The Hall–Kier alpha value is -0.230. The van der Waals surface area contributed by atoms with Crippen molar-refractivity contribution in [3.63, 3.8) is 0 Å². The van der Waals surface area contributed by atoms with E-state index in [0.717, 1.165) is 0 Å². The van der Waals surface area contributed by atoms with Gasteiger partial charge in [-0.3, -0.25) is 0 Å². The summed E-state index contributed by atoms with van der Waals surface area (Å²) in [6.07, 6.45) is 0.651. The van der Waals surface area contributed by atoms with E-state index < -0.39 is 27.4 Å². The molecule has 13 heavy (non-hydrogen) atoms. The number of sulfone groups is 1. The van der Waals surface area contributed by atoms with Gasteiger partial charge in [0.05, 0.1) is 5.75 Å². The van der Waals surface area contributed by atoms with Crippen LogP contribution >= 0.6 is 0 Å². The molecule has 0 amide bonds. The molecule has 0 aliphatic carbocycles. The summed E-state index contributed by atoms with van der Waals surface area (Å²) in [6, 6.07) is 0. The van der Waals surface area contributed by atoms with Gasteiger partial charge < -0.3 is 5.73 Å². The topological polar surface area (TPSA) is 60.2 Å². The molecule has 1 unspecified atom stereocenters. The van der Waals surface area contributed by atoms with Crippen LogP contribution in [0.2, 0.25) is 0 Å². The quantitative estimate of drug-likeness (QED) is 0.738. The van der Waals surface area contributed by atoms with E-state index >= 15 is 0 Å². The lowest BCUT2D eigenvalue weighted by Crippen LogP contribution is -2.26. The smallest absolute Gasteiger partial charge is 0.265 e. The Labute approximate surface area is 76.2 Å². The van der Waals surface area contributed by atoms with Crippen molar-refractivity contribution in [2.24, 2.45) is 11.7 Å². The van der Waals surface area contributed by atoms with Gasteiger partial charge in [0.1, 0.15) is 5.75 Å². The van der Waals surface area contributed by atoms with Crippen LogP contribution in [0.1, 0.15) is 12.8 Å². The van der Waals surface area contributed by atoms with E-state index in [1.54, 1.807) is 0 Å². The van der Waals surface area contributed by atoms with Gasteiger partial charge in [0.2, 0.25) is 0 Å². The van der Waals surface area contributed by atoms with Crippen LogP contribution in [-0.4, -0.2) is 32.4 Å². The van der Waals surface area contributed by atoms with Crippen molar-refractivity contribution in [3.05, 3.63) is 0 Å². The van der Waals surface area contributed by atoms with Gasteiger partial charge in [-0.25, -0.2) is 17.2 Å². The lowest BCUT2D eigenvalue weighted by molar-refractivity contribution is -0.0215. The fourth-order valence-electron chi connectivity index (χ4n) is 1.56. The SMILES string of the molecule is NCCCC1CS(=O)(=O)CC1(F)F. The molecule has 0 aromatic heterocycles. The highest BCUT2D eigenvalue weighted by Gasteiger charge is 2.51. The van der Waals surface area contributed by atoms with Crippen LogP contribution in [0.25, 0.3) is 0 Å². The molecule has 0 aromatic carbocycles. The second-order valence-corrected chi connectivity index (χ2v) is 5.55. The van der Waals surface area contributed by atoms with Crippen LogP contribution in [0.15, 0.2) is 0 Å². The first-order valence-electron chi connectivity index (χ1n) is 4.16. The highest BCUT2D eigenvalue weighted by atomic mass is 32.2. The predicted octanol–water partition coefficient (Wildman–Crippen LogP) is 0.405. The summed E-state index contributed by atoms with van der Waals surface area (Å²) in [5.41, 5.74) is 5.17. The molecule has 1 saturated heterocycles. The van der Waals surface area contributed by atoms with E-state index in [1.807, 2.05) is 0 Å². The Morgan fingerprint density at radius 2 is 2.08 bits per heavy atom. The first kappa shape index (κ1) is 10.8. The minimum absolute atomic E-state index is 0.197. The van der Waals surface area contributed by atoms with Crippen LogP contribution in [0.4, 0.5) is 8.78 Å². The Morgan fingerprint density at radius 1 is 1.46 bits per heavy atom. The molecule has 1 aliphatic rings. The van der Waals surface area contributed by atoms with Crippen LogP contribution in [0.3, 0.4) is 0 Å². The van der Waals surface area contributed by atoms with E-state index in [0.29, 0.717) is 13.0 Å². The lowest BCUT2D eigenvalue weighted by Gasteiger charge is -2.15. The molecule has 1 aliphatic heterocycles. The van der Waals surface area contributed by atoms with E-state index in [1.165, 1.54) is 0 Å². The zero-order valence-corrected chi connectivity index (χ0v) is 7.99. The van der Waals surface area contributed by atoms with Gasteiger partial charge in [-0.2, -0.15) is 0 Å². The van der Waals surface area contributed by atoms with Crippen LogP contribution in [0, 0.1) is 5.92 Å². The molecule has 3 nitrogen and oxygen atoms in total. The van der Waals surface area contributed by atoms with Crippen molar-refractivity contribution < 1.29 is 17.2 Å². The maximum Gasteiger partial charge on any atom is 0.265 e. The first-order chi connectivity index (χ1) is 5.87. The Balaban J connectivity index is 2.65. The number of rotatable bonds is 3. The predicted molar refractivity (Wildman–Crippen MR) is 45.4 cm³/mol. The van der Waals surface area contributed by atoms with Crippen LogP contribution < -0.4 is 5.73 Å². The monoisotopic (exact) mass is 213 g/mol. The van der Waals surface area contributed by atoms with Gasteiger partial charge in [0, 0.05) is 5.92 Å². The molecule has 1 fully saturated rings. The van der Waals surface area contributed by atoms with Crippen LogP contribution in [-0.2, 0) is 9.84 Å². The molecule has 6 heteroatoms. The molecule has 1 heterocycles. The van der Waals surface area contributed by atoms with Crippen molar-refractivity contribution in [2.75, 3.05) is 18.1 Å². The number of nitrogens with two attached hydrogens (primary N) is 1. The lowest BCUT2D eigenvalue weighted by atomic mass is 9.99. The van der Waals surface area contributed by atoms with Gasteiger partial charge in [0.25, 0.3) is 5.92 Å². The summed E-state index contributed by atoms with van der Waals surface area (Å²) in [5.74, 6) is -5.45. The molecule has 1 atom stereocenters. The average molecular weight is 213 g/mol. The fraction of sp³-hybridized carbons (Fsp3) is 1.00. The number of alkyl halides is 2.